The lowest BCUT2D eigenvalue weighted by atomic mass is 9.95. The van der Waals surface area contributed by atoms with Crippen LogP contribution in [0.5, 0.6) is 0 Å². The number of rotatable bonds is 3. The second-order valence-corrected chi connectivity index (χ2v) is 5.66. The van der Waals surface area contributed by atoms with Crippen molar-refractivity contribution in [1.82, 2.24) is 5.32 Å². The molecular weight excluding hydrogens is 297 g/mol. The fraction of sp³-hybridized carbons (Fsp3) is 0.538. The molecule has 0 spiro atoms. The summed E-state index contributed by atoms with van der Waals surface area (Å²) in [6, 6.07) is 9.70. The quantitative estimate of drug-likeness (QED) is 0.845. The third-order valence-corrected chi connectivity index (χ3v) is 4.16. The first-order valence-electron chi connectivity index (χ1n) is 5.71. The summed E-state index contributed by atoms with van der Waals surface area (Å²) < 4.78 is 1.33. The van der Waals surface area contributed by atoms with E-state index in [1.165, 1.54) is 34.8 Å². The fourth-order valence-corrected chi connectivity index (χ4v) is 2.94. The predicted molar refractivity (Wildman–Crippen MR) is 73.1 cm³/mol. The van der Waals surface area contributed by atoms with Gasteiger partial charge in [-0.15, -0.1) is 0 Å². The molecule has 1 aromatic rings. The molecule has 0 heterocycles. The Morgan fingerprint density at radius 3 is 2.67 bits per heavy atom. The normalized spacial score (nSPS) is 25.7. The number of halogens is 1. The molecule has 2 rings (SSSR count). The Labute approximate surface area is 106 Å². The molecular formula is C13H18IN. The van der Waals surface area contributed by atoms with Crippen molar-refractivity contribution in [2.45, 2.75) is 31.7 Å². The SMILES string of the molecule is CNC1CCCC1Cc1ccc(I)cc1. The van der Waals surface area contributed by atoms with Gasteiger partial charge in [0.05, 0.1) is 0 Å². The van der Waals surface area contributed by atoms with Crippen LogP contribution in [-0.2, 0) is 6.42 Å². The maximum Gasteiger partial charge on any atom is 0.0130 e. The Balaban J connectivity index is 1.99. The van der Waals surface area contributed by atoms with Gasteiger partial charge >= 0.3 is 0 Å². The van der Waals surface area contributed by atoms with Crippen LogP contribution in [0.25, 0.3) is 0 Å². The molecule has 1 aliphatic carbocycles. The highest BCUT2D eigenvalue weighted by molar-refractivity contribution is 14.1. The zero-order valence-corrected chi connectivity index (χ0v) is 11.3. The van der Waals surface area contributed by atoms with Crippen LogP contribution in [0.3, 0.4) is 0 Å². The number of nitrogens with one attached hydrogen (secondary N) is 1. The van der Waals surface area contributed by atoms with Crippen LogP contribution >= 0.6 is 22.6 Å². The summed E-state index contributed by atoms with van der Waals surface area (Å²) in [5.41, 5.74) is 1.49. The lowest BCUT2D eigenvalue weighted by Gasteiger charge is -2.18. The van der Waals surface area contributed by atoms with Crippen LogP contribution in [-0.4, -0.2) is 13.1 Å². The summed E-state index contributed by atoms with van der Waals surface area (Å²) in [6.07, 6.45) is 5.37. The number of benzene rings is 1. The lowest BCUT2D eigenvalue weighted by molar-refractivity contribution is 0.423. The Hall–Kier alpha value is -0.0900. The van der Waals surface area contributed by atoms with Crippen molar-refractivity contribution in [2.75, 3.05) is 7.05 Å². The minimum Gasteiger partial charge on any atom is -0.317 e. The summed E-state index contributed by atoms with van der Waals surface area (Å²) in [6.45, 7) is 0. The van der Waals surface area contributed by atoms with Crippen molar-refractivity contribution in [3.8, 4) is 0 Å². The van der Waals surface area contributed by atoms with E-state index in [1.54, 1.807) is 0 Å². The van der Waals surface area contributed by atoms with Crippen molar-refractivity contribution in [3.63, 3.8) is 0 Å². The van der Waals surface area contributed by atoms with Crippen LogP contribution < -0.4 is 5.32 Å². The highest BCUT2D eigenvalue weighted by Crippen LogP contribution is 2.28. The summed E-state index contributed by atoms with van der Waals surface area (Å²) >= 11 is 2.36. The monoisotopic (exact) mass is 315 g/mol. The molecule has 0 aromatic heterocycles. The van der Waals surface area contributed by atoms with Gasteiger partial charge in [0.2, 0.25) is 0 Å². The van der Waals surface area contributed by atoms with E-state index in [9.17, 15) is 0 Å². The molecule has 0 saturated heterocycles. The average Bonchev–Trinajstić information content (AvgIpc) is 2.69. The van der Waals surface area contributed by atoms with E-state index in [-0.39, 0.29) is 0 Å². The third kappa shape index (κ3) is 2.94. The first-order chi connectivity index (χ1) is 7.29. The second-order valence-electron chi connectivity index (χ2n) is 4.42. The van der Waals surface area contributed by atoms with Gasteiger partial charge < -0.3 is 5.32 Å². The molecule has 0 radical (unpaired) electrons. The third-order valence-electron chi connectivity index (χ3n) is 3.44. The van der Waals surface area contributed by atoms with E-state index in [4.69, 9.17) is 0 Å². The van der Waals surface area contributed by atoms with Crippen molar-refractivity contribution >= 4 is 22.6 Å². The molecule has 2 atom stereocenters. The lowest BCUT2D eigenvalue weighted by Crippen LogP contribution is -2.30. The summed E-state index contributed by atoms with van der Waals surface area (Å²) in [5.74, 6) is 0.843. The second kappa shape index (κ2) is 5.30. The molecule has 1 nitrogen and oxygen atoms in total. The maximum atomic E-state index is 3.44. The molecule has 0 bridgehead atoms. The average molecular weight is 315 g/mol. The van der Waals surface area contributed by atoms with Gasteiger partial charge in [-0.05, 0) is 72.5 Å². The van der Waals surface area contributed by atoms with Crippen LogP contribution in [0.15, 0.2) is 24.3 Å². The van der Waals surface area contributed by atoms with Crippen LogP contribution in [0, 0.1) is 9.49 Å². The predicted octanol–water partition coefficient (Wildman–Crippen LogP) is 3.22. The smallest absolute Gasteiger partial charge is 0.0130 e. The Morgan fingerprint density at radius 2 is 2.00 bits per heavy atom. The van der Waals surface area contributed by atoms with Gasteiger partial charge in [0.25, 0.3) is 0 Å². The number of hydrogen-bond acceptors (Lipinski definition) is 1. The molecule has 1 N–H and O–H groups in total. The minimum atomic E-state index is 0.740. The van der Waals surface area contributed by atoms with Gasteiger partial charge in [-0.25, -0.2) is 0 Å². The van der Waals surface area contributed by atoms with Crippen molar-refractivity contribution in [2.24, 2.45) is 5.92 Å². The molecule has 1 aliphatic rings. The molecule has 1 saturated carbocycles. The Morgan fingerprint density at radius 1 is 1.27 bits per heavy atom. The van der Waals surface area contributed by atoms with Gasteiger partial charge in [-0.3, -0.25) is 0 Å². The maximum absolute atomic E-state index is 3.44. The van der Waals surface area contributed by atoms with Crippen LogP contribution in [0.2, 0.25) is 0 Å². The fourth-order valence-electron chi connectivity index (χ4n) is 2.58. The van der Waals surface area contributed by atoms with Gasteiger partial charge in [0, 0.05) is 9.61 Å². The van der Waals surface area contributed by atoms with E-state index in [1.807, 2.05) is 0 Å². The van der Waals surface area contributed by atoms with Gasteiger partial charge in [-0.1, -0.05) is 18.6 Å². The van der Waals surface area contributed by atoms with E-state index < -0.39 is 0 Å². The molecule has 0 amide bonds. The molecule has 0 aliphatic heterocycles. The molecule has 15 heavy (non-hydrogen) atoms. The molecule has 82 valence electrons. The largest absolute Gasteiger partial charge is 0.317 e. The zero-order chi connectivity index (χ0) is 10.7. The van der Waals surface area contributed by atoms with Gasteiger partial charge in [-0.2, -0.15) is 0 Å². The van der Waals surface area contributed by atoms with Crippen LogP contribution in [0.4, 0.5) is 0 Å². The van der Waals surface area contributed by atoms with Crippen LogP contribution in [0.1, 0.15) is 24.8 Å². The summed E-state index contributed by atoms with van der Waals surface area (Å²) in [4.78, 5) is 0. The first-order valence-corrected chi connectivity index (χ1v) is 6.79. The standard InChI is InChI=1S/C13H18IN/c1-15-13-4-2-3-11(13)9-10-5-7-12(14)8-6-10/h5-8,11,13,15H,2-4,9H2,1H3. The minimum absolute atomic E-state index is 0.740. The number of hydrogen-bond donors (Lipinski definition) is 1. The Kier molecular flexibility index (Phi) is 4.03. The Bertz CT molecular complexity index is 307. The van der Waals surface area contributed by atoms with E-state index >= 15 is 0 Å². The highest BCUT2D eigenvalue weighted by atomic mass is 127. The van der Waals surface area contributed by atoms with E-state index in [2.05, 4.69) is 59.2 Å². The zero-order valence-electron chi connectivity index (χ0n) is 9.17. The van der Waals surface area contributed by atoms with Crippen molar-refractivity contribution < 1.29 is 0 Å². The van der Waals surface area contributed by atoms with E-state index in [0.29, 0.717) is 0 Å². The van der Waals surface area contributed by atoms with E-state index in [0.717, 1.165) is 12.0 Å². The molecule has 2 unspecified atom stereocenters. The summed E-state index contributed by atoms with van der Waals surface area (Å²) in [7, 11) is 2.09. The summed E-state index contributed by atoms with van der Waals surface area (Å²) in [5, 5.41) is 3.44. The molecule has 2 heteroatoms. The van der Waals surface area contributed by atoms with Gasteiger partial charge in [0.1, 0.15) is 0 Å². The molecule has 1 fully saturated rings. The first kappa shape index (κ1) is 11.4. The molecule has 1 aromatic carbocycles. The topological polar surface area (TPSA) is 12.0 Å². The van der Waals surface area contributed by atoms with Crippen molar-refractivity contribution in [1.29, 1.82) is 0 Å². The van der Waals surface area contributed by atoms with Crippen molar-refractivity contribution in [3.05, 3.63) is 33.4 Å². The van der Waals surface area contributed by atoms with Gasteiger partial charge in [0.15, 0.2) is 0 Å². The highest BCUT2D eigenvalue weighted by Gasteiger charge is 2.25.